The maximum atomic E-state index is 13.3. The van der Waals surface area contributed by atoms with E-state index in [0.717, 1.165) is 37.7 Å². The highest BCUT2D eigenvalue weighted by molar-refractivity contribution is 6.46. The summed E-state index contributed by atoms with van der Waals surface area (Å²) in [5, 5.41) is 11.3. The van der Waals surface area contributed by atoms with Crippen LogP contribution >= 0.6 is 0 Å². The van der Waals surface area contributed by atoms with Crippen LogP contribution in [0.3, 0.4) is 0 Å². The molecule has 5 nitrogen and oxygen atoms in total. The lowest BCUT2D eigenvalue weighted by Crippen LogP contribution is -2.37. The van der Waals surface area contributed by atoms with Crippen molar-refractivity contribution in [2.24, 2.45) is 5.92 Å². The van der Waals surface area contributed by atoms with Crippen molar-refractivity contribution in [1.82, 2.24) is 4.90 Å². The lowest BCUT2D eigenvalue weighted by molar-refractivity contribution is -0.141. The first-order valence-electron chi connectivity index (χ1n) is 12.0. The van der Waals surface area contributed by atoms with E-state index in [-0.39, 0.29) is 17.4 Å². The summed E-state index contributed by atoms with van der Waals surface area (Å²) < 4.78 is 5.81. The Morgan fingerprint density at radius 1 is 1.09 bits per heavy atom. The molecule has 1 atom stereocenters. The Labute approximate surface area is 196 Å². The maximum Gasteiger partial charge on any atom is 0.295 e. The monoisotopic (exact) mass is 447 g/mol. The molecule has 174 valence electrons. The summed E-state index contributed by atoms with van der Waals surface area (Å²) in [5.74, 6) is -0.280. The zero-order valence-corrected chi connectivity index (χ0v) is 19.7. The molecule has 1 N–H and O–H groups in total. The summed E-state index contributed by atoms with van der Waals surface area (Å²) in [6.45, 7) is 6.78. The molecule has 1 saturated carbocycles. The Morgan fingerprint density at radius 2 is 1.79 bits per heavy atom. The van der Waals surface area contributed by atoms with Gasteiger partial charge in [-0.2, -0.15) is 0 Å². The van der Waals surface area contributed by atoms with Crippen LogP contribution in [0.2, 0.25) is 0 Å². The van der Waals surface area contributed by atoms with Gasteiger partial charge in [-0.1, -0.05) is 70.0 Å². The van der Waals surface area contributed by atoms with E-state index in [1.165, 1.54) is 5.56 Å². The van der Waals surface area contributed by atoms with E-state index in [2.05, 4.69) is 20.8 Å². The molecule has 0 radical (unpaired) electrons. The van der Waals surface area contributed by atoms with Crippen LogP contribution in [0.1, 0.15) is 69.2 Å². The smallest absolute Gasteiger partial charge is 0.295 e. The average Bonchev–Trinajstić information content (AvgIpc) is 3.44. The van der Waals surface area contributed by atoms with Gasteiger partial charge in [0.15, 0.2) is 0 Å². The van der Waals surface area contributed by atoms with Crippen LogP contribution in [0.25, 0.3) is 5.76 Å². The fourth-order valence-electron chi connectivity index (χ4n) is 4.82. The van der Waals surface area contributed by atoms with Gasteiger partial charge in [-0.25, -0.2) is 0 Å². The lowest BCUT2D eigenvalue weighted by atomic mass is 9.93. The summed E-state index contributed by atoms with van der Waals surface area (Å²) in [6.07, 6.45) is 4.77. The van der Waals surface area contributed by atoms with Crippen molar-refractivity contribution in [3.63, 3.8) is 0 Å². The van der Waals surface area contributed by atoms with E-state index in [4.69, 9.17) is 4.74 Å². The van der Waals surface area contributed by atoms with Crippen molar-refractivity contribution in [3.8, 4) is 5.75 Å². The van der Waals surface area contributed by atoms with E-state index in [1.807, 2.05) is 30.3 Å². The summed E-state index contributed by atoms with van der Waals surface area (Å²) in [7, 11) is 0. The fourth-order valence-corrected chi connectivity index (χ4v) is 4.82. The molecule has 0 spiro atoms. The number of hydrogen-bond acceptors (Lipinski definition) is 4. The normalized spacial score (nSPS) is 20.7. The van der Waals surface area contributed by atoms with Gasteiger partial charge in [0.2, 0.25) is 0 Å². The Balaban J connectivity index is 1.79. The van der Waals surface area contributed by atoms with Crippen LogP contribution in [0.5, 0.6) is 5.75 Å². The molecule has 5 heteroatoms. The van der Waals surface area contributed by atoms with Gasteiger partial charge >= 0.3 is 0 Å². The Kier molecular flexibility index (Phi) is 6.87. The molecule has 33 heavy (non-hydrogen) atoms. The number of ether oxygens (including phenoxy) is 1. The van der Waals surface area contributed by atoms with Gasteiger partial charge in [0.1, 0.15) is 11.5 Å². The number of benzene rings is 2. The number of ketones is 1. The van der Waals surface area contributed by atoms with Gasteiger partial charge in [0, 0.05) is 11.6 Å². The van der Waals surface area contributed by atoms with Gasteiger partial charge in [-0.15, -0.1) is 0 Å². The number of rotatable bonds is 7. The highest BCUT2D eigenvalue weighted by Crippen LogP contribution is 2.43. The second-order valence-electron chi connectivity index (χ2n) is 9.47. The van der Waals surface area contributed by atoms with Gasteiger partial charge in [-0.05, 0) is 48.4 Å². The SMILES string of the molecule is CCc1ccc(C2/C(=C(/O)c3cccc(OCC(C)C)c3)C(=O)C(=O)N2C2CCCC2)cc1. The molecule has 1 amide bonds. The minimum Gasteiger partial charge on any atom is -0.507 e. The molecule has 1 heterocycles. The Morgan fingerprint density at radius 3 is 2.42 bits per heavy atom. The number of carbonyl (C=O) groups is 2. The molecule has 0 bridgehead atoms. The van der Waals surface area contributed by atoms with Crippen molar-refractivity contribution >= 4 is 17.4 Å². The van der Waals surface area contributed by atoms with Crippen molar-refractivity contribution < 1.29 is 19.4 Å². The number of carbonyl (C=O) groups excluding carboxylic acids is 2. The molecule has 1 aliphatic carbocycles. The molecule has 1 aliphatic heterocycles. The van der Waals surface area contributed by atoms with E-state index in [1.54, 1.807) is 23.1 Å². The number of aryl methyl sites for hydroxylation is 1. The minimum atomic E-state index is -0.613. The standard InChI is InChI=1S/C28H33NO4/c1-4-19-12-14-20(15-13-19)25-24(27(31)28(32)29(25)22-9-5-6-10-22)26(30)21-8-7-11-23(16-21)33-17-18(2)3/h7-8,11-16,18,22,25,30H,4-6,9-10,17H2,1-3H3/b26-24-. The van der Waals surface area contributed by atoms with E-state index in [0.29, 0.717) is 23.8 Å². The number of nitrogens with zero attached hydrogens (tertiary/aromatic N) is 1. The Bertz CT molecular complexity index is 1050. The molecule has 2 aromatic rings. The number of aliphatic hydroxyl groups is 1. The summed E-state index contributed by atoms with van der Waals surface area (Å²) in [5.41, 5.74) is 2.69. The minimum absolute atomic E-state index is 0.0170. The molecule has 2 fully saturated rings. The first-order valence-corrected chi connectivity index (χ1v) is 12.0. The summed E-state index contributed by atoms with van der Waals surface area (Å²) in [4.78, 5) is 28.2. The fraction of sp³-hybridized carbons (Fsp3) is 0.429. The third-order valence-corrected chi connectivity index (χ3v) is 6.59. The van der Waals surface area contributed by atoms with Crippen LogP contribution < -0.4 is 4.74 Å². The molecule has 2 aliphatic rings. The number of Topliss-reactive ketones (excluding diaryl/α,β-unsaturated/α-hetero) is 1. The number of aliphatic hydroxyl groups excluding tert-OH is 1. The highest BCUT2D eigenvalue weighted by atomic mass is 16.5. The van der Waals surface area contributed by atoms with Crippen LogP contribution in [0, 0.1) is 5.92 Å². The maximum absolute atomic E-state index is 13.3. The van der Waals surface area contributed by atoms with Crippen molar-refractivity contribution in [2.45, 2.75) is 65.0 Å². The topological polar surface area (TPSA) is 66.8 Å². The van der Waals surface area contributed by atoms with Gasteiger partial charge in [-0.3, -0.25) is 9.59 Å². The highest BCUT2D eigenvalue weighted by Gasteiger charge is 2.49. The van der Waals surface area contributed by atoms with Crippen LogP contribution in [-0.4, -0.2) is 34.3 Å². The van der Waals surface area contributed by atoms with E-state index < -0.39 is 17.7 Å². The first kappa shape index (κ1) is 23.1. The molecular weight excluding hydrogens is 414 g/mol. The largest absolute Gasteiger partial charge is 0.507 e. The van der Waals surface area contributed by atoms with Gasteiger partial charge in [0.25, 0.3) is 11.7 Å². The zero-order chi connectivity index (χ0) is 23.5. The first-order chi connectivity index (χ1) is 15.9. The lowest BCUT2D eigenvalue weighted by Gasteiger charge is -2.30. The van der Waals surface area contributed by atoms with E-state index in [9.17, 15) is 14.7 Å². The van der Waals surface area contributed by atoms with Crippen molar-refractivity contribution in [2.75, 3.05) is 6.61 Å². The molecule has 2 aromatic carbocycles. The van der Waals surface area contributed by atoms with E-state index >= 15 is 0 Å². The third kappa shape index (κ3) is 4.68. The molecule has 4 rings (SSSR count). The van der Waals surface area contributed by atoms with Crippen molar-refractivity contribution in [1.29, 1.82) is 0 Å². The van der Waals surface area contributed by atoms with Crippen LogP contribution in [0.4, 0.5) is 0 Å². The molecule has 0 aromatic heterocycles. The number of likely N-dealkylation sites (tertiary alicyclic amines) is 1. The Hall–Kier alpha value is -3.08. The number of hydrogen-bond donors (Lipinski definition) is 1. The van der Waals surface area contributed by atoms with Crippen molar-refractivity contribution in [3.05, 3.63) is 70.8 Å². The molecular formula is C28H33NO4. The summed E-state index contributed by atoms with van der Waals surface area (Å²) >= 11 is 0. The second kappa shape index (κ2) is 9.82. The number of amides is 1. The van der Waals surface area contributed by atoms with Crippen LogP contribution in [-0.2, 0) is 16.0 Å². The summed E-state index contributed by atoms with van der Waals surface area (Å²) in [6, 6.07) is 14.6. The third-order valence-electron chi connectivity index (χ3n) is 6.59. The predicted molar refractivity (Wildman–Crippen MR) is 129 cm³/mol. The average molecular weight is 448 g/mol. The van der Waals surface area contributed by atoms with Gasteiger partial charge < -0.3 is 14.7 Å². The van der Waals surface area contributed by atoms with Gasteiger partial charge in [0.05, 0.1) is 18.2 Å². The molecule has 1 saturated heterocycles. The zero-order valence-electron chi connectivity index (χ0n) is 19.7. The quantitative estimate of drug-likeness (QED) is 0.338. The van der Waals surface area contributed by atoms with Crippen LogP contribution in [0.15, 0.2) is 54.1 Å². The predicted octanol–water partition coefficient (Wildman–Crippen LogP) is 5.65. The second-order valence-corrected chi connectivity index (χ2v) is 9.47. The molecule has 1 unspecified atom stereocenters.